The largest absolute Gasteiger partial charge is 0.289 e. The van der Waals surface area contributed by atoms with Gasteiger partial charge >= 0.3 is 0 Å². The molecule has 0 bridgehead atoms. The van der Waals surface area contributed by atoms with E-state index in [1.165, 1.54) is 33.6 Å². The predicted octanol–water partition coefficient (Wildman–Crippen LogP) is 2.33. The molecule has 31 heavy (non-hydrogen) atoms. The molecule has 2 aromatic carbocycles. The minimum Gasteiger partial charge on any atom is -0.267 e. The van der Waals surface area contributed by atoms with Gasteiger partial charge in [-0.1, -0.05) is 24.3 Å². The monoisotopic (exact) mass is 440 g/mol. The second kappa shape index (κ2) is 8.33. The van der Waals surface area contributed by atoms with Gasteiger partial charge in [0.15, 0.2) is 0 Å². The first-order valence-corrected chi connectivity index (χ1v) is 11.6. The number of hydrazine groups is 1. The fourth-order valence-electron chi connectivity index (χ4n) is 3.83. The molecule has 2 aliphatic rings. The van der Waals surface area contributed by atoms with E-state index in [1.807, 2.05) is 18.2 Å². The Hall–Kier alpha value is -2.88. The van der Waals surface area contributed by atoms with Crippen molar-refractivity contribution < 1.29 is 18.0 Å². The molecule has 2 aliphatic heterocycles. The van der Waals surface area contributed by atoms with Crippen LogP contribution in [0.25, 0.3) is 0 Å². The molecule has 0 radical (unpaired) electrons. The number of benzene rings is 2. The molecule has 2 amide bonds. The van der Waals surface area contributed by atoms with Crippen molar-refractivity contribution in [3.8, 4) is 0 Å². The maximum absolute atomic E-state index is 13.0. The maximum Gasteiger partial charge on any atom is 0.289 e. The van der Waals surface area contributed by atoms with Crippen LogP contribution in [0.2, 0.25) is 0 Å². The summed E-state index contributed by atoms with van der Waals surface area (Å²) < 4.78 is 27.1. The Kier molecular flexibility index (Phi) is 5.74. The first-order valence-electron chi connectivity index (χ1n) is 10.2. The van der Waals surface area contributed by atoms with Crippen LogP contribution in [0.1, 0.15) is 30.1 Å². The van der Waals surface area contributed by atoms with Crippen LogP contribution >= 0.6 is 0 Å². The molecule has 162 valence electrons. The summed E-state index contributed by atoms with van der Waals surface area (Å²) in [4.78, 5) is 30.0. The standard InChI is InChI=1S/C22H24N4O4S/c1-16-20(22(28)26(24(16)2)18-10-4-3-5-11-18)23-21(27)17-9-8-12-19(15-17)31(29,30)25-13-6-7-14-25/h3-5,8-12,15-16H,6-7,13-14H2,1-2H3. The summed E-state index contributed by atoms with van der Waals surface area (Å²) in [5.74, 6) is -1.02. The third-order valence-electron chi connectivity index (χ3n) is 5.69. The normalized spacial score (nSPS) is 21.9. The van der Waals surface area contributed by atoms with Crippen LogP contribution in [0.15, 0.2) is 64.5 Å². The first kappa shape index (κ1) is 21.4. The molecule has 4 rings (SSSR count). The van der Waals surface area contributed by atoms with Crippen LogP contribution in [0, 0.1) is 0 Å². The molecule has 0 spiro atoms. The van der Waals surface area contributed by atoms with Crippen molar-refractivity contribution in [3.05, 3.63) is 60.2 Å². The van der Waals surface area contributed by atoms with Gasteiger partial charge in [-0.05, 0) is 50.1 Å². The van der Waals surface area contributed by atoms with Gasteiger partial charge in [0, 0.05) is 25.7 Å². The Morgan fingerprint density at radius 3 is 2.39 bits per heavy atom. The van der Waals surface area contributed by atoms with E-state index in [2.05, 4.69) is 4.99 Å². The van der Waals surface area contributed by atoms with E-state index in [-0.39, 0.29) is 22.1 Å². The Morgan fingerprint density at radius 1 is 1.03 bits per heavy atom. The molecule has 0 N–H and O–H groups in total. The zero-order valence-electron chi connectivity index (χ0n) is 17.4. The highest BCUT2D eigenvalue weighted by atomic mass is 32.2. The molecule has 8 nitrogen and oxygen atoms in total. The van der Waals surface area contributed by atoms with E-state index in [0.717, 1.165) is 12.8 Å². The van der Waals surface area contributed by atoms with Gasteiger partial charge in [0.25, 0.3) is 11.8 Å². The van der Waals surface area contributed by atoms with Crippen LogP contribution in [0.5, 0.6) is 0 Å². The molecule has 2 heterocycles. The Balaban J connectivity index is 1.62. The van der Waals surface area contributed by atoms with E-state index >= 15 is 0 Å². The summed E-state index contributed by atoms with van der Waals surface area (Å²) in [6.45, 7) is 2.76. The van der Waals surface area contributed by atoms with E-state index < -0.39 is 22.0 Å². The molecule has 0 aromatic heterocycles. The number of aliphatic imine (C=N–C) groups is 1. The van der Waals surface area contributed by atoms with Gasteiger partial charge in [-0.25, -0.2) is 23.4 Å². The van der Waals surface area contributed by atoms with Gasteiger partial charge in [-0.3, -0.25) is 9.59 Å². The van der Waals surface area contributed by atoms with Gasteiger partial charge in [-0.15, -0.1) is 0 Å². The lowest BCUT2D eigenvalue weighted by Crippen LogP contribution is -2.38. The van der Waals surface area contributed by atoms with Gasteiger partial charge in [0.05, 0.1) is 16.6 Å². The van der Waals surface area contributed by atoms with Crippen LogP contribution in [0.4, 0.5) is 5.69 Å². The third kappa shape index (κ3) is 3.91. The SMILES string of the molecule is CC1C(=NC(=O)c2cccc(S(=O)(=O)N3CCCC3)c2)C(=O)N(c2ccccc2)N1C. The fourth-order valence-corrected chi connectivity index (χ4v) is 5.40. The molecular formula is C22H24N4O4S. The first-order chi connectivity index (χ1) is 14.8. The van der Waals surface area contributed by atoms with E-state index in [4.69, 9.17) is 0 Å². The molecule has 1 atom stereocenters. The third-order valence-corrected chi connectivity index (χ3v) is 7.58. The van der Waals surface area contributed by atoms with E-state index in [9.17, 15) is 18.0 Å². The summed E-state index contributed by atoms with van der Waals surface area (Å²) in [5.41, 5.74) is 0.927. The number of sulfonamides is 1. The minimum absolute atomic E-state index is 0.0641. The lowest BCUT2D eigenvalue weighted by molar-refractivity contribution is -0.113. The van der Waals surface area contributed by atoms with Gasteiger partial charge < -0.3 is 0 Å². The van der Waals surface area contributed by atoms with E-state index in [0.29, 0.717) is 18.8 Å². The number of hydrogen-bond acceptors (Lipinski definition) is 5. The summed E-state index contributed by atoms with van der Waals surface area (Å²) >= 11 is 0. The average molecular weight is 441 g/mol. The Labute approximate surface area is 181 Å². The number of anilines is 1. The summed E-state index contributed by atoms with van der Waals surface area (Å²) in [6, 6.07) is 14.6. The molecule has 2 aromatic rings. The van der Waals surface area contributed by atoms with Crippen molar-refractivity contribution in [1.29, 1.82) is 0 Å². The van der Waals surface area contributed by atoms with Crippen LogP contribution in [-0.2, 0) is 14.8 Å². The highest BCUT2D eigenvalue weighted by Gasteiger charge is 2.40. The van der Waals surface area contributed by atoms with Crippen molar-refractivity contribution in [2.45, 2.75) is 30.7 Å². The Bertz CT molecular complexity index is 1140. The summed E-state index contributed by atoms with van der Waals surface area (Å²) in [5, 5.41) is 3.20. The van der Waals surface area contributed by atoms with E-state index in [1.54, 1.807) is 31.1 Å². The molecule has 0 saturated carbocycles. The molecule has 9 heteroatoms. The van der Waals surface area contributed by atoms with Crippen molar-refractivity contribution in [2.24, 2.45) is 4.99 Å². The highest BCUT2D eigenvalue weighted by Crippen LogP contribution is 2.25. The second-order valence-corrected chi connectivity index (χ2v) is 9.58. The fraction of sp³-hybridized carbons (Fsp3) is 0.318. The molecular weight excluding hydrogens is 416 g/mol. The number of rotatable bonds is 4. The molecule has 0 aliphatic carbocycles. The smallest absolute Gasteiger partial charge is 0.267 e. The zero-order valence-corrected chi connectivity index (χ0v) is 18.2. The molecule has 1 unspecified atom stereocenters. The zero-order chi connectivity index (χ0) is 22.2. The number of hydrogen-bond donors (Lipinski definition) is 0. The van der Waals surface area contributed by atoms with Crippen LogP contribution < -0.4 is 5.01 Å². The lowest BCUT2D eigenvalue weighted by Gasteiger charge is -2.25. The van der Waals surface area contributed by atoms with Crippen molar-refractivity contribution >= 4 is 33.2 Å². The van der Waals surface area contributed by atoms with Crippen molar-refractivity contribution in [2.75, 3.05) is 25.1 Å². The number of amides is 2. The van der Waals surface area contributed by atoms with Crippen molar-refractivity contribution in [3.63, 3.8) is 0 Å². The Morgan fingerprint density at radius 2 is 1.71 bits per heavy atom. The number of nitrogens with zero attached hydrogens (tertiary/aromatic N) is 4. The molecule has 2 fully saturated rings. The summed E-state index contributed by atoms with van der Waals surface area (Å²) in [7, 11) is -1.89. The van der Waals surface area contributed by atoms with Crippen LogP contribution in [0.3, 0.4) is 0 Å². The molecule has 2 saturated heterocycles. The minimum atomic E-state index is -3.65. The maximum atomic E-state index is 13.0. The van der Waals surface area contributed by atoms with Gasteiger partial charge in [-0.2, -0.15) is 4.31 Å². The highest BCUT2D eigenvalue weighted by molar-refractivity contribution is 7.89. The number of para-hydroxylation sites is 1. The van der Waals surface area contributed by atoms with Crippen LogP contribution in [-0.4, -0.2) is 61.4 Å². The number of carbonyl (C=O) groups is 2. The van der Waals surface area contributed by atoms with Gasteiger partial charge in [0.2, 0.25) is 10.0 Å². The topological polar surface area (TPSA) is 90.4 Å². The number of carbonyl (C=O) groups excluding carboxylic acids is 2. The van der Waals surface area contributed by atoms with Crippen molar-refractivity contribution in [1.82, 2.24) is 9.31 Å². The summed E-state index contributed by atoms with van der Waals surface area (Å²) in [6.07, 6.45) is 1.66. The predicted molar refractivity (Wildman–Crippen MR) is 117 cm³/mol. The lowest BCUT2D eigenvalue weighted by atomic mass is 10.2. The average Bonchev–Trinajstić information content (AvgIpc) is 3.39. The second-order valence-electron chi connectivity index (χ2n) is 7.64. The van der Waals surface area contributed by atoms with Gasteiger partial charge in [0.1, 0.15) is 5.71 Å². The quantitative estimate of drug-likeness (QED) is 0.728.